The number of hydrogen-bond acceptors (Lipinski definition) is 13. The standard InChI is InChI=1S/C14H11N7O2.C7H13NO4/c15-12-10-13(17-5-4-16-10)20-14(19-12)21-18-6-8-2-1-3-9-11(8)23-7-22-9;1-2-8-7(11)6-5(10)4(9)3-12-6/h1-3,6,16H,7H2,(H4,15,17,19,20,21);4-6,9-10H,2-3H2,1H3,(H,8,11)/b18-6+;/t;4-,5-,6-/m.0/s1. The Labute approximate surface area is 199 Å². The van der Waals surface area contributed by atoms with Crippen LogP contribution in [0.25, 0.3) is 0 Å². The number of benzene rings is 1. The molecule has 4 heterocycles. The molecule has 5 rings (SSSR count). The molecular formula is C21H24N8O6. The van der Waals surface area contributed by atoms with Crippen molar-refractivity contribution in [1.82, 2.24) is 15.3 Å². The number of rotatable bonds is 5. The van der Waals surface area contributed by atoms with E-state index >= 15 is 0 Å². The van der Waals surface area contributed by atoms with E-state index in [1.54, 1.807) is 13.1 Å². The van der Waals surface area contributed by atoms with Gasteiger partial charge in [0.2, 0.25) is 12.7 Å². The normalized spacial score (nSPS) is 20.9. The summed E-state index contributed by atoms with van der Waals surface area (Å²) in [6.45, 7) is 2.48. The minimum atomic E-state index is -1.10. The number of nitrogens with zero attached hydrogens (tertiary/aromatic N) is 3. The Hall–Kier alpha value is -4.32. The van der Waals surface area contributed by atoms with E-state index < -0.39 is 18.3 Å². The molecule has 0 radical (unpaired) electrons. The predicted octanol–water partition coefficient (Wildman–Crippen LogP) is -0.768. The van der Waals surface area contributed by atoms with Gasteiger partial charge in [-0.05, 0) is 19.1 Å². The van der Waals surface area contributed by atoms with Crippen molar-refractivity contribution in [2.24, 2.45) is 5.10 Å². The van der Waals surface area contributed by atoms with Crippen LogP contribution in [0.5, 0.6) is 11.5 Å². The number of hydrogen-bond donors (Lipinski definition) is 7. The molecule has 3 atom stereocenters. The van der Waals surface area contributed by atoms with E-state index in [2.05, 4.69) is 48.5 Å². The summed E-state index contributed by atoms with van der Waals surface area (Å²) in [5.74, 6) is 1.99. The molecule has 1 aromatic heterocycles. The van der Waals surface area contributed by atoms with Crippen LogP contribution in [0.1, 0.15) is 12.5 Å². The van der Waals surface area contributed by atoms with Gasteiger partial charge in [0, 0.05) is 24.2 Å². The number of nitrogens with two attached hydrogens (primary N) is 1. The number of amides is 1. The summed E-state index contributed by atoms with van der Waals surface area (Å²) in [4.78, 5) is 19.4. The highest BCUT2D eigenvalue weighted by molar-refractivity contribution is 5.86. The van der Waals surface area contributed by atoms with Crippen molar-refractivity contribution in [3.8, 4) is 23.6 Å². The lowest BCUT2D eigenvalue weighted by molar-refractivity contribution is -0.133. The molecule has 3 aliphatic heterocycles. The lowest BCUT2D eigenvalue weighted by atomic mass is 10.1. The number of aliphatic hydroxyl groups is 2. The highest BCUT2D eigenvalue weighted by atomic mass is 16.7. The average molecular weight is 484 g/mol. The molecule has 0 unspecified atom stereocenters. The molecule has 0 spiro atoms. The molecule has 184 valence electrons. The Kier molecular flexibility index (Phi) is 7.31. The van der Waals surface area contributed by atoms with Crippen molar-refractivity contribution in [2.45, 2.75) is 25.2 Å². The zero-order chi connectivity index (χ0) is 24.8. The number of ether oxygens (including phenoxy) is 3. The number of nitrogens with one attached hydrogen (secondary N) is 4. The van der Waals surface area contributed by atoms with Gasteiger partial charge in [0.15, 0.2) is 29.2 Å². The van der Waals surface area contributed by atoms with E-state index in [-0.39, 0.29) is 31.1 Å². The molecule has 1 saturated heterocycles. The molecule has 14 heteroatoms. The van der Waals surface area contributed by atoms with E-state index in [0.29, 0.717) is 29.5 Å². The molecule has 0 bridgehead atoms. The van der Waals surface area contributed by atoms with Crippen molar-refractivity contribution in [1.29, 1.82) is 0 Å². The van der Waals surface area contributed by atoms with E-state index in [9.17, 15) is 9.90 Å². The second-order valence-corrected chi connectivity index (χ2v) is 7.31. The SMILES string of the molecule is CCNC(=O)[C@H]1OC[C@H](O)[C@@H]1O.Nc1nc(N/N=C/c2cccc3c2OCO3)nc2c1NC#CN2. The molecule has 3 aliphatic rings. The Morgan fingerprint density at radius 1 is 1.31 bits per heavy atom. The first-order valence-electron chi connectivity index (χ1n) is 10.6. The monoisotopic (exact) mass is 484 g/mol. The highest BCUT2D eigenvalue weighted by Gasteiger charge is 2.39. The first kappa shape index (κ1) is 23.8. The fraction of sp³-hybridized carbons (Fsp3) is 0.333. The van der Waals surface area contributed by atoms with Crippen LogP contribution in [0.15, 0.2) is 23.3 Å². The Morgan fingerprint density at radius 2 is 2.14 bits per heavy atom. The van der Waals surface area contributed by atoms with Gasteiger partial charge in [0.1, 0.15) is 17.9 Å². The molecular weight excluding hydrogens is 460 g/mol. The van der Waals surface area contributed by atoms with Gasteiger partial charge in [-0.25, -0.2) is 5.43 Å². The number of aliphatic hydroxyl groups excluding tert-OH is 2. The summed E-state index contributed by atoms with van der Waals surface area (Å²) >= 11 is 0. The number of carbonyl (C=O) groups is 1. The predicted molar refractivity (Wildman–Crippen MR) is 126 cm³/mol. The van der Waals surface area contributed by atoms with Gasteiger partial charge < -0.3 is 40.8 Å². The van der Waals surface area contributed by atoms with Gasteiger partial charge in [0.05, 0.1) is 12.8 Å². The zero-order valence-electron chi connectivity index (χ0n) is 18.6. The third kappa shape index (κ3) is 5.44. The number of hydrazone groups is 1. The second-order valence-electron chi connectivity index (χ2n) is 7.31. The van der Waals surface area contributed by atoms with E-state index in [1.165, 1.54) is 0 Å². The fourth-order valence-electron chi connectivity index (χ4n) is 3.25. The molecule has 0 saturated carbocycles. The summed E-state index contributed by atoms with van der Waals surface area (Å²) in [7, 11) is 0. The molecule has 8 N–H and O–H groups in total. The third-order valence-corrected chi connectivity index (χ3v) is 4.92. The number of carbonyl (C=O) groups excluding carboxylic acids is 1. The van der Waals surface area contributed by atoms with Crippen LogP contribution in [-0.4, -0.2) is 70.6 Å². The van der Waals surface area contributed by atoms with Crippen LogP contribution in [0.4, 0.5) is 23.3 Å². The molecule has 14 nitrogen and oxygen atoms in total. The largest absolute Gasteiger partial charge is 0.454 e. The van der Waals surface area contributed by atoms with Crippen molar-refractivity contribution in [3.63, 3.8) is 0 Å². The summed E-state index contributed by atoms with van der Waals surface area (Å²) in [5.41, 5.74) is 9.91. The van der Waals surface area contributed by atoms with Crippen molar-refractivity contribution < 1.29 is 29.2 Å². The second kappa shape index (κ2) is 10.7. The first-order chi connectivity index (χ1) is 17.0. The van der Waals surface area contributed by atoms with Gasteiger partial charge in [-0.15, -0.1) is 0 Å². The average Bonchev–Trinajstić information content (AvgIpc) is 3.47. The summed E-state index contributed by atoms with van der Waals surface area (Å²) in [6.07, 6.45) is -1.37. The number of para-hydroxylation sites is 1. The molecule has 1 fully saturated rings. The fourth-order valence-corrected chi connectivity index (χ4v) is 3.25. The van der Waals surface area contributed by atoms with Crippen LogP contribution in [0, 0.1) is 12.1 Å². The molecule has 2 aromatic rings. The van der Waals surface area contributed by atoms with Gasteiger partial charge in [-0.3, -0.25) is 10.1 Å². The minimum absolute atomic E-state index is 0.0168. The topological polar surface area (TPSA) is 197 Å². The van der Waals surface area contributed by atoms with Gasteiger partial charge in [-0.1, -0.05) is 6.07 Å². The van der Waals surface area contributed by atoms with Gasteiger partial charge in [0.25, 0.3) is 5.91 Å². The molecule has 0 aliphatic carbocycles. The quantitative estimate of drug-likeness (QED) is 0.159. The summed E-state index contributed by atoms with van der Waals surface area (Å²) in [6, 6.07) is 10.8. The summed E-state index contributed by atoms with van der Waals surface area (Å²) in [5, 5.41) is 30.5. The van der Waals surface area contributed by atoms with Crippen LogP contribution in [0.2, 0.25) is 0 Å². The summed E-state index contributed by atoms with van der Waals surface area (Å²) < 4.78 is 15.6. The third-order valence-electron chi connectivity index (χ3n) is 4.92. The molecule has 1 amide bonds. The van der Waals surface area contributed by atoms with Gasteiger partial charge >= 0.3 is 0 Å². The van der Waals surface area contributed by atoms with E-state index in [0.717, 1.165) is 5.56 Å². The van der Waals surface area contributed by atoms with Crippen molar-refractivity contribution >= 4 is 35.4 Å². The Bertz CT molecular complexity index is 1180. The lowest BCUT2D eigenvalue weighted by Gasteiger charge is -2.13. The van der Waals surface area contributed by atoms with Crippen molar-refractivity contribution in [3.05, 3.63) is 23.8 Å². The zero-order valence-corrected chi connectivity index (χ0v) is 18.6. The number of nitrogen functional groups attached to an aromatic ring is 1. The maximum Gasteiger partial charge on any atom is 0.251 e. The smallest absolute Gasteiger partial charge is 0.251 e. The van der Waals surface area contributed by atoms with Crippen LogP contribution < -0.4 is 36.6 Å². The lowest BCUT2D eigenvalue weighted by Crippen LogP contribution is -2.42. The van der Waals surface area contributed by atoms with E-state index in [4.69, 9.17) is 25.1 Å². The number of aromatic nitrogens is 2. The molecule has 35 heavy (non-hydrogen) atoms. The maximum absolute atomic E-state index is 11.1. The van der Waals surface area contributed by atoms with Crippen LogP contribution in [0.3, 0.4) is 0 Å². The minimum Gasteiger partial charge on any atom is -0.454 e. The first-order valence-corrected chi connectivity index (χ1v) is 10.6. The maximum atomic E-state index is 11.1. The number of likely N-dealkylation sites (N-methyl/N-ethyl adjacent to an activating group) is 1. The van der Waals surface area contributed by atoms with Crippen LogP contribution in [-0.2, 0) is 9.53 Å². The Morgan fingerprint density at radius 3 is 2.91 bits per heavy atom. The highest BCUT2D eigenvalue weighted by Crippen LogP contribution is 2.34. The van der Waals surface area contributed by atoms with Gasteiger partial charge in [-0.2, -0.15) is 15.1 Å². The van der Waals surface area contributed by atoms with Crippen LogP contribution >= 0.6 is 0 Å². The Balaban J connectivity index is 0.000000204. The molecule has 1 aromatic carbocycles. The number of anilines is 4. The van der Waals surface area contributed by atoms with Crippen molar-refractivity contribution in [2.75, 3.05) is 41.7 Å². The van der Waals surface area contributed by atoms with E-state index in [1.807, 2.05) is 18.2 Å². The number of fused-ring (bicyclic) bond motifs is 2.